The average molecular weight is 1550 g/mol. The molecule has 0 radical (unpaired) electrons. The summed E-state index contributed by atoms with van der Waals surface area (Å²) >= 11 is 0. The third-order valence-electron chi connectivity index (χ3n) is 20.5. The summed E-state index contributed by atoms with van der Waals surface area (Å²) in [6, 6.07) is 0. The van der Waals surface area contributed by atoms with Crippen LogP contribution in [0.25, 0.3) is 0 Å². The number of carbonyl (C=O) groups excluding carboxylic acids is 4. The molecule has 0 aliphatic heterocycles. The van der Waals surface area contributed by atoms with Crippen LogP contribution in [-0.4, -0.2) is 96.7 Å². The van der Waals surface area contributed by atoms with Crippen LogP contribution in [0.5, 0.6) is 0 Å². The minimum atomic E-state index is -4.97. The molecule has 0 aromatic rings. The molecule has 0 aliphatic carbocycles. The first kappa shape index (κ1) is 104. The first-order valence-corrected chi connectivity index (χ1v) is 48.0. The molecule has 5 atom stereocenters. The van der Waals surface area contributed by atoms with E-state index in [4.69, 9.17) is 37.0 Å². The van der Waals surface area contributed by atoms with Crippen LogP contribution in [0.15, 0.2) is 0 Å². The zero-order chi connectivity index (χ0) is 77.8. The second kappa shape index (κ2) is 78.3. The number of hydrogen-bond acceptors (Lipinski definition) is 15. The third-order valence-corrected chi connectivity index (χ3v) is 22.4. The number of aliphatic hydroxyl groups excluding tert-OH is 1. The van der Waals surface area contributed by atoms with E-state index >= 15 is 0 Å². The van der Waals surface area contributed by atoms with Crippen LogP contribution in [0.3, 0.4) is 0 Å². The summed E-state index contributed by atoms with van der Waals surface area (Å²) in [7, 11) is -9.93. The summed E-state index contributed by atoms with van der Waals surface area (Å²) < 4.78 is 68.9. The molecule has 17 nitrogen and oxygen atoms in total. The number of phosphoric ester groups is 2. The summed E-state index contributed by atoms with van der Waals surface area (Å²) in [5, 5.41) is 10.7. The third kappa shape index (κ3) is 80.1. The largest absolute Gasteiger partial charge is 0.472 e. The molecule has 0 aromatic heterocycles. The average Bonchev–Trinajstić information content (AvgIpc) is 0.900. The molecule has 106 heavy (non-hydrogen) atoms. The Hall–Kier alpha value is -1.94. The van der Waals surface area contributed by atoms with Crippen LogP contribution < -0.4 is 0 Å². The van der Waals surface area contributed by atoms with E-state index in [2.05, 4.69) is 41.5 Å². The van der Waals surface area contributed by atoms with Crippen LogP contribution in [0.2, 0.25) is 0 Å². The van der Waals surface area contributed by atoms with Crippen LogP contribution >= 0.6 is 15.6 Å². The molecule has 0 saturated heterocycles. The van der Waals surface area contributed by atoms with Crippen molar-refractivity contribution in [3.63, 3.8) is 0 Å². The Bertz CT molecular complexity index is 2030. The lowest BCUT2D eigenvalue weighted by Crippen LogP contribution is -2.30. The summed E-state index contributed by atoms with van der Waals surface area (Å²) in [6.07, 6.45) is 70.8. The Balaban J connectivity index is 5.23. The zero-order valence-electron chi connectivity index (χ0n) is 69.7. The van der Waals surface area contributed by atoms with Gasteiger partial charge in [-0.25, -0.2) is 9.13 Å². The van der Waals surface area contributed by atoms with Crippen molar-refractivity contribution in [2.75, 3.05) is 39.6 Å². The molecule has 0 heterocycles. The van der Waals surface area contributed by atoms with Gasteiger partial charge in [-0.3, -0.25) is 37.3 Å². The molecule has 0 amide bonds. The molecule has 0 fully saturated rings. The van der Waals surface area contributed by atoms with E-state index < -0.39 is 97.5 Å². The van der Waals surface area contributed by atoms with E-state index in [1.54, 1.807) is 0 Å². The molecule has 0 spiro atoms. The first-order chi connectivity index (χ1) is 51.4. The molecule has 0 aromatic carbocycles. The van der Waals surface area contributed by atoms with Gasteiger partial charge in [-0.2, -0.15) is 0 Å². The quantitative estimate of drug-likeness (QED) is 0.0222. The Morgan fingerprint density at radius 1 is 0.255 bits per heavy atom. The maximum absolute atomic E-state index is 13.2. The molecular weight excluding hydrogens is 1380 g/mol. The molecule has 630 valence electrons. The number of esters is 4. The molecule has 2 unspecified atom stereocenters. The number of carbonyl (C=O) groups is 4. The lowest BCUT2D eigenvalue weighted by Gasteiger charge is -2.21. The molecule has 0 bridgehead atoms. The van der Waals surface area contributed by atoms with Gasteiger partial charge < -0.3 is 33.8 Å². The highest BCUT2D eigenvalue weighted by molar-refractivity contribution is 7.47. The number of phosphoric acid groups is 2. The SMILES string of the molecule is CCCCCCCCCCCCCCCCCCCCCCCCC(=O)O[C@H](COC(=O)CCCCCCCCCCCCCCCCCC(C)C)COP(=O)(O)OC[C@@H](O)COP(=O)(O)OC[C@@H](COC(=O)CCCCCCCCCCCCC)OC(=O)CCCCCCCCCCCCCCC(C)C. The fourth-order valence-corrected chi connectivity index (χ4v) is 15.2. The predicted octanol–water partition coefficient (Wildman–Crippen LogP) is 26.6. The van der Waals surface area contributed by atoms with Crippen molar-refractivity contribution in [2.24, 2.45) is 11.8 Å². The van der Waals surface area contributed by atoms with E-state index in [-0.39, 0.29) is 25.7 Å². The minimum absolute atomic E-state index is 0.107. The maximum atomic E-state index is 13.2. The topological polar surface area (TPSA) is 237 Å². The number of unbranched alkanes of at least 4 members (excludes halogenated alkanes) is 56. The summed E-state index contributed by atoms with van der Waals surface area (Å²) in [4.78, 5) is 73.2. The molecule has 3 N–H and O–H groups in total. The van der Waals surface area contributed by atoms with E-state index in [0.29, 0.717) is 25.7 Å². The van der Waals surface area contributed by atoms with E-state index in [1.807, 2.05) is 0 Å². The van der Waals surface area contributed by atoms with Gasteiger partial charge in [-0.1, -0.05) is 414 Å². The normalized spacial score (nSPS) is 13.8. The summed E-state index contributed by atoms with van der Waals surface area (Å²) in [5.41, 5.74) is 0. The van der Waals surface area contributed by atoms with Gasteiger partial charge in [-0.15, -0.1) is 0 Å². The Kier molecular flexibility index (Phi) is 76.9. The second-order valence-corrected chi connectivity index (χ2v) is 35.1. The molecule has 19 heteroatoms. The van der Waals surface area contributed by atoms with Crippen molar-refractivity contribution >= 4 is 39.5 Å². The molecule has 0 saturated carbocycles. The van der Waals surface area contributed by atoms with Crippen molar-refractivity contribution in [1.82, 2.24) is 0 Å². The predicted molar refractivity (Wildman–Crippen MR) is 437 cm³/mol. The van der Waals surface area contributed by atoms with E-state index in [9.17, 15) is 43.2 Å². The summed E-state index contributed by atoms with van der Waals surface area (Å²) in [5.74, 6) is -0.518. The van der Waals surface area contributed by atoms with Gasteiger partial charge in [0.15, 0.2) is 12.2 Å². The lowest BCUT2D eigenvalue weighted by molar-refractivity contribution is -0.161. The van der Waals surface area contributed by atoms with Gasteiger partial charge in [0.05, 0.1) is 26.4 Å². The molecule has 0 aliphatic rings. The highest BCUT2D eigenvalue weighted by Gasteiger charge is 2.30. The van der Waals surface area contributed by atoms with Crippen LogP contribution in [-0.2, 0) is 65.4 Å². The number of rotatable bonds is 86. The monoisotopic (exact) mass is 1550 g/mol. The highest BCUT2D eigenvalue weighted by Crippen LogP contribution is 2.45. The van der Waals surface area contributed by atoms with E-state index in [1.165, 1.54) is 283 Å². The number of hydrogen-bond donors (Lipinski definition) is 3. The van der Waals surface area contributed by atoms with Crippen molar-refractivity contribution in [3.8, 4) is 0 Å². The molecular formula is C87H170O17P2. The van der Waals surface area contributed by atoms with Crippen molar-refractivity contribution in [1.29, 1.82) is 0 Å². The number of ether oxygens (including phenoxy) is 4. The van der Waals surface area contributed by atoms with Gasteiger partial charge in [0.1, 0.15) is 19.3 Å². The van der Waals surface area contributed by atoms with Crippen molar-refractivity contribution in [2.45, 2.75) is 484 Å². The molecule has 0 rings (SSSR count). The van der Waals surface area contributed by atoms with Gasteiger partial charge in [0.2, 0.25) is 0 Å². The smallest absolute Gasteiger partial charge is 0.462 e. The standard InChI is InChI=1S/C87H170O17P2/c1-7-9-11-13-15-17-19-20-21-22-23-24-25-26-27-30-34-41-47-53-59-65-71-86(91)103-83(76-98-85(90)70-64-58-52-46-40-33-31-28-29-32-38-43-49-55-61-67-79(3)4)78-102-106(95,96)100-74-81(88)73-99-105(93,94)101-77-82(75-97-84(89)69-63-57-51-45-37-18-16-14-12-10-8-2)104-87(92)72-66-60-54-48-42-36-35-39-44-50-56-62-68-80(5)6/h79-83,88H,7-78H2,1-6H3,(H,93,94)(H,95,96)/t81-,82+,83+/m0/s1. The van der Waals surface area contributed by atoms with Crippen LogP contribution in [0.1, 0.15) is 465 Å². The first-order valence-electron chi connectivity index (χ1n) is 45.0. The van der Waals surface area contributed by atoms with Gasteiger partial charge in [-0.05, 0) is 37.5 Å². The van der Waals surface area contributed by atoms with Gasteiger partial charge in [0.25, 0.3) is 0 Å². The fraction of sp³-hybridized carbons (Fsp3) is 0.954. The zero-order valence-corrected chi connectivity index (χ0v) is 71.5. The Labute approximate surface area is 651 Å². The van der Waals surface area contributed by atoms with Gasteiger partial charge >= 0.3 is 39.5 Å². The van der Waals surface area contributed by atoms with Crippen molar-refractivity contribution in [3.05, 3.63) is 0 Å². The summed E-state index contributed by atoms with van der Waals surface area (Å²) in [6.45, 7) is 9.71. The fourth-order valence-electron chi connectivity index (χ4n) is 13.6. The lowest BCUT2D eigenvalue weighted by atomic mass is 10.0. The number of aliphatic hydroxyl groups is 1. The Morgan fingerprint density at radius 3 is 0.642 bits per heavy atom. The second-order valence-electron chi connectivity index (χ2n) is 32.2. The highest BCUT2D eigenvalue weighted by atomic mass is 31.2. The van der Waals surface area contributed by atoms with Crippen molar-refractivity contribution < 1.29 is 80.2 Å². The van der Waals surface area contributed by atoms with Crippen LogP contribution in [0, 0.1) is 11.8 Å². The van der Waals surface area contributed by atoms with Gasteiger partial charge in [0, 0.05) is 25.7 Å². The van der Waals surface area contributed by atoms with E-state index in [0.717, 1.165) is 102 Å². The Morgan fingerprint density at radius 2 is 0.434 bits per heavy atom. The minimum Gasteiger partial charge on any atom is -0.462 e. The van der Waals surface area contributed by atoms with Crippen LogP contribution in [0.4, 0.5) is 0 Å². The maximum Gasteiger partial charge on any atom is 0.472 e.